The largest absolute Gasteiger partial charge is 0.493 e. The molecule has 10 heteroatoms. The summed E-state index contributed by atoms with van der Waals surface area (Å²) < 4.78 is 12.2. The molecule has 0 radical (unpaired) electrons. The highest BCUT2D eigenvalue weighted by atomic mass is 79.9. The zero-order valence-corrected chi connectivity index (χ0v) is 22.1. The third-order valence-corrected chi connectivity index (χ3v) is 6.48. The fraction of sp³-hybridized carbons (Fsp3) is 0.0800. The number of amides is 2. The number of carbonyl (C=O) groups excluding carboxylic acids is 2. The number of ether oxygens (including phenoxy) is 2. The number of hydrogen-bond donors (Lipinski definition) is 1. The van der Waals surface area contributed by atoms with Crippen molar-refractivity contribution < 1.29 is 19.1 Å². The van der Waals surface area contributed by atoms with E-state index in [0.717, 1.165) is 10.0 Å². The molecular formula is C25H17BrCl2N2O4S. The first-order valence-corrected chi connectivity index (χ1v) is 12.1. The van der Waals surface area contributed by atoms with Crippen molar-refractivity contribution in [2.45, 2.75) is 6.61 Å². The molecule has 3 aromatic rings. The fourth-order valence-electron chi connectivity index (χ4n) is 3.34. The summed E-state index contributed by atoms with van der Waals surface area (Å²) in [6, 6.07) is 17.3. The molecule has 0 unspecified atom stereocenters. The molecule has 0 aliphatic carbocycles. The maximum Gasteiger partial charge on any atom is 0.270 e. The van der Waals surface area contributed by atoms with E-state index in [1.807, 2.05) is 0 Å². The van der Waals surface area contributed by atoms with Gasteiger partial charge in [-0.05, 0) is 72.4 Å². The highest BCUT2D eigenvalue weighted by Gasteiger charge is 2.34. The first kappa shape index (κ1) is 25.2. The van der Waals surface area contributed by atoms with Crippen molar-refractivity contribution >= 4 is 80.0 Å². The molecule has 0 bridgehead atoms. The van der Waals surface area contributed by atoms with Crippen LogP contribution in [-0.4, -0.2) is 24.0 Å². The smallest absolute Gasteiger partial charge is 0.270 e. The average Bonchev–Trinajstić information content (AvgIpc) is 2.82. The van der Waals surface area contributed by atoms with Crippen LogP contribution in [0, 0.1) is 0 Å². The minimum atomic E-state index is -0.579. The number of thiocarbonyl (C=S) groups is 1. The highest BCUT2D eigenvalue weighted by Crippen LogP contribution is 2.31. The van der Waals surface area contributed by atoms with E-state index in [1.165, 1.54) is 18.1 Å². The molecule has 0 saturated carbocycles. The van der Waals surface area contributed by atoms with Gasteiger partial charge in [0.2, 0.25) is 0 Å². The van der Waals surface area contributed by atoms with Crippen LogP contribution in [0.5, 0.6) is 11.5 Å². The molecule has 178 valence electrons. The summed E-state index contributed by atoms with van der Waals surface area (Å²) in [5, 5.41) is 3.62. The Labute approximate surface area is 225 Å². The lowest BCUT2D eigenvalue weighted by Crippen LogP contribution is -2.54. The molecule has 1 aliphatic heterocycles. The van der Waals surface area contributed by atoms with E-state index in [9.17, 15) is 9.59 Å². The van der Waals surface area contributed by atoms with Crippen LogP contribution in [0.4, 0.5) is 5.69 Å². The minimum absolute atomic E-state index is 0.0154. The monoisotopic (exact) mass is 590 g/mol. The molecule has 1 fully saturated rings. The fourth-order valence-corrected chi connectivity index (χ4v) is 4.34. The molecule has 0 aromatic heterocycles. The van der Waals surface area contributed by atoms with Gasteiger partial charge in [-0.1, -0.05) is 51.3 Å². The van der Waals surface area contributed by atoms with Crippen LogP contribution in [-0.2, 0) is 16.2 Å². The van der Waals surface area contributed by atoms with Crippen LogP contribution in [0.3, 0.4) is 0 Å². The molecule has 3 aromatic carbocycles. The first-order valence-electron chi connectivity index (χ1n) is 10.2. The summed E-state index contributed by atoms with van der Waals surface area (Å²) in [7, 11) is 1.50. The van der Waals surface area contributed by atoms with Crippen molar-refractivity contribution in [3.05, 3.63) is 91.9 Å². The van der Waals surface area contributed by atoms with Crippen molar-refractivity contribution in [3.63, 3.8) is 0 Å². The lowest BCUT2D eigenvalue weighted by molar-refractivity contribution is -0.122. The predicted octanol–water partition coefficient (Wildman–Crippen LogP) is 6.17. The Morgan fingerprint density at radius 2 is 1.77 bits per heavy atom. The van der Waals surface area contributed by atoms with Crippen LogP contribution in [0.25, 0.3) is 6.08 Å². The predicted molar refractivity (Wildman–Crippen MR) is 144 cm³/mol. The summed E-state index contributed by atoms with van der Waals surface area (Å²) in [5.41, 5.74) is 1.81. The van der Waals surface area contributed by atoms with Gasteiger partial charge >= 0.3 is 0 Å². The van der Waals surface area contributed by atoms with Gasteiger partial charge < -0.3 is 9.47 Å². The Hall–Kier alpha value is -2.91. The van der Waals surface area contributed by atoms with Gasteiger partial charge in [0.25, 0.3) is 11.8 Å². The van der Waals surface area contributed by atoms with Crippen molar-refractivity contribution in [2.24, 2.45) is 0 Å². The normalized spacial score (nSPS) is 14.8. The number of nitrogens with one attached hydrogen (secondary N) is 1. The first-order chi connectivity index (χ1) is 16.8. The molecule has 1 aliphatic rings. The average molecular weight is 592 g/mol. The van der Waals surface area contributed by atoms with Gasteiger partial charge in [-0.2, -0.15) is 0 Å². The quantitative estimate of drug-likeness (QED) is 0.211. The lowest BCUT2D eigenvalue weighted by Gasteiger charge is -2.29. The van der Waals surface area contributed by atoms with Gasteiger partial charge in [0.1, 0.15) is 12.2 Å². The Balaban J connectivity index is 1.59. The molecule has 0 spiro atoms. The maximum absolute atomic E-state index is 13.2. The van der Waals surface area contributed by atoms with Gasteiger partial charge in [0.05, 0.1) is 12.8 Å². The summed E-state index contributed by atoms with van der Waals surface area (Å²) in [4.78, 5) is 27.1. The third kappa shape index (κ3) is 5.67. The summed E-state index contributed by atoms with van der Waals surface area (Å²) in [6.07, 6.45) is 1.48. The van der Waals surface area contributed by atoms with Crippen molar-refractivity contribution in [1.29, 1.82) is 0 Å². The minimum Gasteiger partial charge on any atom is -0.493 e. The Morgan fingerprint density at radius 1 is 1.03 bits per heavy atom. The Morgan fingerprint density at radius 3 is 2.46 bits per heavy atom. The number of nitrogens with zero attached hydrogens (tertiary/aromatic N) is 1. The Kier molecular flexibility index (Phi) is 7.76. The molecule has 1 N–H and O–H groups in total. The van der Waals surface area contributed by atoms with Gasteiger partial charge in [0.15, 0.2) is 16.6 Å². The van der Waals surface area contributed by atoms with Crippen LogP contribution in [0.2, 0.25) is 10.0 Å². The molecule has 35 heavy (non-hydrogen) atoms. The van der Waals surface area contributed by atoms with Crippen LogP contribution < -0.4 is 19.7 Å². The van der Waals surface area contributed by atoms with E-state index in [-0.39, 0.29) is 17.3 Å². The SMILES string of the molecule is COc1cc(/C=C2\C(=O)NC(=S)N(c3ccc(Br)cc3)C2=O)ccc1OCc1ccc(Cl)cc1Cl. The van der Waals surface area contributed by atoms with E-state index >= 15 is 0 Å². The molecular weight excluding hydrogens is 575 g/mol. The van der Waals surface area contributed by atoms with E-state index in [4.69, 9.17) is 44.9 Å². The lowest BCUT2D eigenvalue weighted by atomic mass is 10.1. The molecule has 0 atom stereocenters. The number of rotatable bonds is 6. The van der Waals surface area contributed by atoms with E-state index in [1.54, 1.807) is 60.7 Å². The van der Waals surface area contributed by atoms with Gasteiger partial charge in [-0.25, -0.2) is 0 Å². The third-order valence-electron chi connectivity index (χ3n) is 5.08. The van der Waals surface area contributed by atoms with Crippen molar-refractivity contribution in [1.82, 2.24) is 5.32 Å². The second-order valence-electron chi connectivity index (χ2n) is 7.37. The number of halogens is 3. The Bertz CT molecular complexity index is 1360. The van der Waals surface area contributed by atoms with E-state index in [2.05, 4.69) is 21.2 Å². The summed E-state index contributed by atoms with van der Waals surface area (Å²) >= 11 is 20.8. The van der Waals surface area contributed by atoms with Gasteiger partial charge in [-0.3, -0.25) is 19.8 Å². The van der Waals surface area contributed by atoms with E-state index in [0.29, 0.717) is 32.8 Å². The standard InChI is InChI=1S/C25H17BrCl2N2O4S/c1-33-22-11-14(2-9-21(22)34-13-15-3-6-17(27)12-20(15)28)10-19-23(31)29-25(35)30(24(19)32)18-7-4-16(26)5-8-18/h2-12H,13H2,1H3,(H,29,31,35)/b19-10+. The molecule has 1 heterocycles. The second kappa shape index (κ2) is 10.8. The van der Waals surface area contributed by atoms with Gasteiger partial charge in [-0.15, -0.1) is 0 Å². The van der Waals surface area contributed by atoms with Crippen LogP contribution >= 0.6 is 51.3 Å². The number of hydrogen-bond acceptors (Lipinski definition) is 5. The van der Waals surface area contributed by atoms with Crippen molar-refractivity contribution in [3.8, 4) is 11.5 Å². The topological polar surface area (TPSA) is 67.9 Å². The number of anilines is 1. The van der Waals surface area contributed by atoms with E-state index < -0.39 is 11.8 Å². The van der Waals surface area contributed by atoms with Gasteiger partial charge in [0, 0.05) is 20.1 Å². The number of methoxy groups -OCH3 is 1. The highest BCUT2D eigenvalue weighted by molar-refractivity contribution is 9.10. The number of benzene rings is 3. The summed E-state index contributed by atoms with van der Waals surface area (Å²) in [5.74, 6) is -0.214. The van der Waals surface area contributed by atoms with Crippen molar-refractivity contribution in [2.75, 3.05) is 12.0 Å². The van der Waals surface area contributed by atoms with Crippen LogP contribution in [0.1, 0.15) is 11.1 Å². The molecule has 2 amide bonds. The molecule has 4 rings (SSSR count). The zero-order chi connectivity index (χ0) is 25.1. The summed E-state index contributed by atoms with van der Waals surface area (Å²) in [6.45, 7) is 0.202. The van der Waals surface area contributed by atoms with Crippen LogP contribution in [0.15, 0.2) is 70.7 Å². The zero-order valence-electron chi connectivity index (χ0n) is 18.2. The number of carbonyl (C=O) groups is 2. The molecule has 1 saturated heterocycles. The maximum atomic E-state index is 13.2. The molecule has 6 nitrogen and oxygen atoms in total. The second-order valence-corrected chi connectivity index (χ2v) is 9.51.